The SMILES string of the molecule is CN(CCC(N)=NO)C1CCC(C)(C)CC1. The number of amidine groups is 1. The Balaban J connectivity index is 2.30. The summed E-state index contributed by atoms with van der Waals surface area (Å²) in [5, 5.41) is 11.5. The number of rotatable bonds is 4. The Bertz CT molecular complexity index is 241. The summed E-state index contributed by atoms with van der Waals surface area (Å²) < 4.78 is 0. The first-order chi connectivity index (χ1) is 7.44. The van der Waals surface area contributed by atoms with E-state index in [0.29, 0.717) is 23.7 Å². The van der Waals surface area contributed by atoms with Crippen LogP contribution in [0.25, 0.3) is 0 Å². The van der Waals surface area contributed by atoms with Crippen molar-refractivity contribution in [3.63, 3.8) is 0 Å². The summed E-state index contributed by atoms with van der Waals surface area (Å²) >= 11 is 0. The fraction of sp³-hybridized carbons (Fsp3) is 0.917. The van der Waals surface area contributed by atoms with Gasteiger partial charge < -0.3 is 15.8 Å². The van der Waals surface area contributed by atoms with E-state index in [0.717, 1.165) is 6.54 Å². The summed E-state index contributed by atoms with van der Waals surface area (Å²) in [5.74, 6) is 0.322. The third-order valence-corrected chi connectivity index (χ3v) is 3.78. The number of hydrogen-bond acceptors (Lipinski definition) is 3. The van der Waals surface area contributed by atoms with Crippen molar-refractivity contribution in [3.05, 3.63) is 0 Å². The molecule has 4 heteroatoms. The minimum Gasteiger partial charge on any atom is -0.409 e. The van der Waals surface area contributed by atoms with Gasteiger partial charge in [0, 0.05) is 19.0 Å². The van der Waals surface area contributed by atoms with E-state index in [1.165, 1.54) is 25.7 Å². The van der Waals surface area contributed by atoms with Crippen molar-refractivity contribution in [1.29, 1.82) is 0 Å². The van der Waals surface area contributed by atoms with Crippen molar-refractivity contribution in [1.82, 2.24) is 4.90 Å². The van der Waals surface area contributed by atoms with Gasteiger partial charge in [-0.05, 0) is 38.1 Å². The van der Waals surface area contributed by atoms with Crippen molar-refractivity contribution in [2.75, 3.05) is 13.6 Å². The molecule has 1 saturated carbocycles. The van der Waals surface area contributed by atoms with Crippen molar-refractivity contribution in [2.45, 2.75) is 52.0 Å². The lowest BCUT2D eigenvalue weighted by atomic mass is 9.75. The molecule has 0 saturated heterocycles. The average Bonchev–Trinajstić information content (AvgIpc) is 2.25. The summed E-state index contributed by atoms with van der Waals surface area (Å²) in [4.78, 5) is 2.34. The first-order valence-electron chi connectivity index (χ1n) is 6.11. The molecule has 1 aliphatic carbocycles. The molecular weight excluding hydrogens is 202 g/mol. The molecule has 0 radical (unpaired) electrons. The van der Waals surface area contributed by atoms with Gasteiger partial charge in [0.15, 0.2) is 0 Å². The van der Waals surface area contributed by atoms with Crippen LogP contribution in [0.4, 0.5) is 0 Å². The van der Waals surface area contributed by atoms with Gasteiger partial charge in [-0.1, -0.05) is 19.0 Å². The molecule has 0 heterocycles. The van der Waals surface area contributed by atoms with Crippen LogP contribution in [-0.2, 0) is 0 Å². The van der Waals surface area contributed by atoms with Gasteiger partial charge in [-0.25, -0.2) is 0 Å². The minimum absolute atomic E-state index is 0.322. The van der Waals surface area contributed by atoms with E-state index in [-0.39, 0.29) is 0 Å². The molecule has 0 atom stereocenters. The van der Waals surface area contributed by atoms with E-state index in [1.54, 1.807) is 0 Å². The lowest BCUT2D eigenvalue weighted by Gasteiger charge is -2.38. The second-order valence-corrected chi connectivity index (χ2v) is 5.72. The van der Waals surface area contributed by atoms with Crippen LogP contribution < -0.4 is 5.73 Å². The minimum atomic E-state index is 0.322. The van der Waals surface area contributed by atoms with Crippen LogP contribution in [0.2, 0.25) is 0 Å². The van der Waals surface area contributed by atoms with Crippen LogP contribution in [0.3, 0.4) is 0 Å². The molecule has 0 spiro atoms. The highest BCUT2D eigenvalue weighted by molar-refractivity contribution is 5.79. The summed E-state index contributed by atoms with van der Waals surface area (Å²) in [6.45, 7) is 5.57. The average molecular weight is 227 g/mol. The summed E-state index contributed by atoms with van der Waals surface area (Å²) in [6.07, 6.45) is 5.77. The Morgan fingerprint density at radius 3 is 2.50 bits per heavy atom. The number of oxime groups is 1. The van der Waals surface area contributed by atoms with Crippen molar-refractivity contribution >= 4 is 5.84 Å². The lowest BCUT2D eigenvalue weighted by Crippen LogP contribution is -2.38. The highest BCUT2D eigenvalue weighted by Crippen LogP contribution is 2.36. The second-order valence-electron chi connectivity index (χ2n) is 5.72. The highest BCUT2D eigenvalue weighted by Gasteiger charge is 2.28. The van der Waals surface area contributed by atoms with Gasteiger partial charge in [-0.3, -0.25) is 0 Å². The van der Waals surface area contributed by atoms with E-state index in [1.807, 2.05) is 0 Å². The normalized spacial score (nSPS) is 22.6. The Morgan fingerprint density at radius 2 is 2.00 bits per heavy atom. The molecule has 3 N–H and O–H groups in total. The zero-order valence-electron chi connectivity index (χ0n) is 10.7. The largest absolute Gasteiger partial charge is 0.409 e. The van der Waals surface area contributed by atoms with Crippen molar-refractivity contribution in [2.24, 2.45) is 16.3 Å². The number of nitrogens with two attached hydrogens (primary N) is 1. The van der Waals surface area contributed by atoms with Gasteiger partial charge in [0.25, 0.3) is 0 Å². The van der Waals surface area contributed by atoms with E-state index in [4.69, 9.17) is 10.9 Å². The standard InChI is InChI=1S/C12H25N3O/c1-12(2)7-4-10(5-8-12)15(3)9-6-11(13)14-16/h10,16H,4-9H2,1-3H3,(H2,13,14). The van der Waals surface area contributed by atoms with Gasteiger partial charge in [0.2, 0.25) is 0 Å². The maximum atomic E-state index is 8.47. The van der Waals surface area contributed by atoms with Crippen molar-refractivity contribution < 1.29 is 5.21 Å². The first-order valence-corrected chi connectivity index (χ1v) is 6.11. The zero-order valence-corrected chi connectivity index (χ0v) is 10.7. The molecule has 0 aromatic rings. The summed E-state index contributed by atoms with van der Waals surface area (Å²) in [5.41, 5.74) is 5.98. The molecule has 0 aromatic heterocycles. The zero-order chi connectivity index (χ0) is 12.2. The first kappa shape index (κ1) is 13.3. The van der Waals surface area contributed by atoms with Gasteiger partial charge >= 0.3 is 0 Å². The van der Waals surface area contributed by atoms with Crippen LogP contribution in [0.5, 0.6) is 0 Å². The van der Waals surface area contributed by atoms with E-state index >= 15 is 0 Å². The fourth-order valence-corrected chi connectivity index (χ4v) is 2.35. The summed E-state index contributed by atoms with van der Waals surface area (Å²) in [7, 11) is 2.13. The molecule has 16 heavy (non-hydrogen) atoms. The topological polar surface area (TPSA) is 61.8 Å². The molecule has 0 aliphatic heterocycles. The molecule has 0 amide bonds. The molecule has 4 nitrogen and oxygen atoms in total. The molecule has 1 rings (SSSR count). The molecule has 0 aromatic carbocycles. The van der Waals surface area contributed by atoms with Crippen LogP contribution in [0.15, 0.2) is 5.16 Å². The molecule has 1 fully saturated rings. The van der Waals surface area contributed by atoms with Crippen LogP contribution >= 0.6 is 0 Å². The molecule has 0 bridgehead atoms. The quantitative estimate of drug-likeness (QED) is 0.334. The van der Waals surface area contributed by atoms with Gasteiger partial charge in [-0.2, -0.15) is 0 Å². The molecular formula is C12H25N3O. The lowest BCUT2D eigenvalue weighted by molar-refractivity contribution is 0.129. The van der Waals surface area contributed by atoms with Crippen LogP contribution in [0.1, 0.15) is 46.0 Å². The number of hydrogen-bond donors (Lipinski definition) is 2. The van der Waals surface area contributed by atoms with E-state index < -0.39 is 0 Å². The van der Waals surface area contributed by atoms with Gasteiger partial charge in [0.1, 0.15) is 5.84 Å². The maximum Gasteiger partial charge on any atom is 0.140 e. The highest BCUT2D eigenvalue weighted by atomic mass is 16.4. The second kappa shape index (κ2) is 5.53. The summed E-state index contributed by atoms with van der Waals surface area (Å²) in [6, 6.07) is 0.666. The van der Waals surface area contributed by atoms with Gasteiger partial charge in [-0.15, -0.1) is 0 Å². The molecule has 94 valence electrons. The third-order valence-electron chi connectivity index (χ3n) is 3.78. The van der Waals surface area contributed by atoms with E-state index in [9.17, 15) is 0 Å². The van der Waals surface area contributed by atoms with E-state index in [2.05, 4.69) is 31.0 Å². The Morgan fingerprint density at radius 1 is 1.44 bits per heavy atom. The van der Waals surface area contributed by atoms with Gasteiger partial charge in [0.05, 0.1) is 0 Å². The Labute approximate surface area is 98.5 Å². The Hall–Kier alpha value is -0.770. The number of nitrogens with zero attached hydrogens (tertiary/aromatic N) is 2. The third kappa shape index (κ3) is 4.00. The van der Waals surface area contributed by atoms with Crippen LogP contribution in [-0.4, -0.2) is 35.6 Å². The predicted molar refractivity (Wildman–Crippen MR) is 66.7 cm³/mol. The Kier molecular flexibility index (Phi) is 4.59. The smallest absolute Gasteiger partial charge is 0.140 e. The predicted octanol–water partition coefficient (Wildman–Crippen LogP) is 2.02. The van der Waals surface area contributed by atoms with Crippen molar-refractivity contribution in [3.8, 4) is 0 Å². The molecule has 1 aliphatic rings. The van der Waals surface area contributed by atoms with Crippen LogP contribution in [0, 0.1) is 5.41 Å². The monoisotopic (exact) mass is 227 g/mol. The molecule has 0 unspecified atom stereocenters. The maximum absolute atomic E-state index is 8.47. The fourth-order valence-electron chi connectivity index (χ4n) is 2.35.